The number of ether oxygens (including phenoxy) is 1. The second-order valence-electron chi connectivity index (χ2n) is 4.66. The van der Waals surface area contributed by atoms with Gasteiger partial charge in [0.15, 0.2) is 0 Å². The first kappa shape index (κ1) is 11.4. The average molecular weight is 210 g/mol. The van der Waals surface area contributed by atoms with E-state index in [1.807, 2.05) is 24.3 Å². The number of rotatable bonds is 3. The van der Waals surface area contributed by atoms with E-state index < -0.39 is 0 Å². The minimum atomic E-state index is 0.332. The molecule has 0 radical (unpaired) electrons. The molecule has 0 saturated carbocycles. The Balaban J connectivity index is 2.39. The van der Waals surface area contributed by atoms with Gasteiger partial charge in [0, 0.05) is 4.90 Å². The standard InChI is InChI=1S/C12H18OS/c1-12(2,3)7-8-13-10-5-4-6-11(14)9-10/h4-6,9,14H,7-8H2,1-3H3. The fraction of sp³-hybridized carbons (Fsp3) is 0.500. The highest BCUT2D eigenvalue weighted by molar-refractivity contribution is 7.80. The Morgan fingerprint density at radius 3 is 2.57 bits per heavy atom. The van der Waals surface area contributed by atoms with Crippen molar-refractivity contribution in [2.24, 2.45) is 5.41 Å². The third kappa shape index (κ3) is 4.56. The van der Waals surface area contributed by atoms with Crippen LogP contribution in [0, 0.1) is 5.41 Å². The molecule has 0 N–H and O–H groups in total. The lowest BCUT2D eigenvalue weighted by Gasteiger charge is -2.18. The lowest BCUT2D eigenvalue weighted by atomic mass is 9.93. The highest BCUT2D eigenvalue weighted by Crippen LogP contribution is 2.20. The fourth-order valence-corrected chi connectivity index (χ4v) is 1.26. The monoisotopic (exact) mass is 210 g/mol. The summed E-state index contributed by atoms with van der Waals surface area (Å²) in [5.74, 6) is 0.904. The van der Waals surface area contributed by atoms with E-state index >= 15 is 0 Å². The molecule has 2 heteroatoms. The molecule has 0 aromatic heterocycles. The van der Waals surface area contributed by atoms with Crippen molar-refractivity contribution < 1.29 is 4.74 Å². The van der Waals surface area contributed by atoms with E-state index in [0.29, 0.717) is 5.41 Å². The molecule has 1 nitrogen and oxygen atoms in total. The second-order valence-corrected chi connectivity index (χ2v) is 5.17. The molecule has 1 aromatic carbocycles. The third-order valence-electron chi connectivity index (χ3n) is 1.94. The number of benzene rings is 1. The molecule has 0 saturated heterocycles. The SMILES string of the molecule is CC(C)(C)CCOc1cccc(S)c1. The molecule has 0 aliphatic rings. The summed E-state index contributed by atoms with van der Waals surface area (Å²) in [5.41, 5.74) is 0.332. The molecule has 0 bridgehead atoms. The fourth-order valence-electron chi connectivity index (χ4n) is 1.05. The Morgan fingerprint density at radius 2 is 2.00 bits per heavy atom. The maximum absolute atomic E-state index is 5.61. The van der Waals surface area contributed by atoms with Crippen molar-refractivity contribution in [3.8, 4) is 5.75 Å². The van der Waals surface area contributed by atoms with Gasteiger partial charge in [-0.25, -0.2) is 0 Å². The quantitative estimate of drug-likeness (QED) is 0.747. The Labute approximate surface area is 91.9 Å². The summed E-state index contributed by atoms with van der Waals surface area (Å²) in [6, 6.07) is 7.79. The van der Waals surface area contributed by atoms with Gasteiger partial charge in [0.2, 0.25) is 0 Å². The smallest absolute Gasteiger partial charge is 0.120 e. The first-order chi connectivity index (χ1) is 6.47. The van der Waals surface area contributed by atoms with Gasteiger partial charge in [-0.05, 0) is 30.0 Å². The number of hydrogen-bond acceptors (Lipinski definition) is 2. The van der Waals surface area contributed by atoms with Crippen molar-refractivity contribution in [1.82, 2.24) is 0 Å². The lowest BCUT2D eigenvalue weighted by molar-refractivity contribution is 0.242. The average Bonchev–Trinajstić information content (AvgIpc) is 2.01. The number of hydrogen-bond donors (Lipinski definition) is 1. The van der Waals surface area contributed by atoms with Gasteiger partial charge in [-0.15, -0.1) is 12.6 Å². The first-order valence-corrected chi connectivity index (χ1v) is 5.34. The maximum Gasteiger partial charge on any atom is 0.120 e. The summed E-state index contributed by atoms with van der Waals surface area (Å²) in [4.78, 5) is 0.943. The Morgan fingerprint density at radius 1 is 1.29 bits per heavy atom. The van der Waals surface area contributed by atoms with Gasteiger partial charge in [-0.3, -0.25) is 0 Å². The van der Waals surface area contributed by atoms with E-state index in [9.17, 15) is 0 Å². The largest absolute Gasteiger partial charge is 0.494 e. The van der Waals surface area contributed by atoms with E-state index in [0.717, 1.165) is 23.7 Å². The molecule has 0 heterocycles. The highest BCUT2D eigenvalue weighted by atomic mass is 32.1. The zero-order chi connectivity index (χ0) is 10.6. The minimum absolute atomic E-state index is 0.332. The zero-order valence-electron chi connectivity index (χ0n) is 9.08. The van der Waals surface area contributed by atoms with Crippen LogP contribution in [-0.4, -0.2) is 6.61 Å². The Hall–Kier alpha value is -0.630. The van der Waals surface area contributed by atoms with Gasteiger partial charge in [-0.2, -0.15) is 0 Å². The van der Waals surface area contributed by atoms with Crippen LogP contribution in [-0.2, 0) is 0 Å². The minimum Gasteiger partial charge on any atom is -0.494 e. The summed E-state index contributed by atoms with van der Waals surface area (Å²) in [6.45, 7) is 7.41. The van der Waals surface area contributed by atoms with Crippen LogP contribution >= 0.6 is 12.6 Å². The predicted octanol–water partition coefficient (Wildman–Crippen LogP) is 3.79. The van der Waals surface area contributed by atoms with Gasteiger partial charge in [-0.1, -0.05) is 26.8 Å². The summed E-state index contributed by atoms with van der Waals surface area (Å²) in [5, 5.41) is 0. The van der Waals surface area contributed by atoms with Crippen molar-refractivity contribution >= 4 is 12.6 Å². The van der Waals surface area contributed by atoms with E-state index in [1.165, 1.54) is 0 Å². The molecule has 14 heavy (non-hydrogen) atoms. The first-order valence-electron chi connectivity index (χ1n) is 4.89. The van der Waals surface area contributed by atoms with Crippen molar-refractivity contribution in [1.29, 1.82) is 0 Å². The Bertz CT molecular complexity index is 289. The number of thiol groups is 1. The molecule has 1 rings (SSSR count). The molecular formula is C12H18OS. The van der Waals surface area contributed by atoms with Gasteiger partial charge in [0.05, 0.1) is 6.61 Å². The second kappa shape index (κ2) is 4.74. The van der Waals surface area contributed by atoms with Gasteiger partial charge in [0.1, 0.15) is 5.75 Å². The van der Waals surface area contributed by atoms with Crippen molar-refractivity contribution in [2.75, 3.05) is 6.61 Å². The maximum atomic E-state index is 5.61. The molecule has 0 atom stereocenters. The topological polar surface area (TPSA) is 9.23 Å². The lowest BCUT2D eigenvalue weighted by Crippen LogP contribution is -2.11. The van der Waals surface area contributed by atoms with Crippen LogP contribution in [0.15, 0.2) is 29.2 Å². The van der Waals surface area contributed by atoms with Gasteiger partial charge >= 0.3 is 0 Å². The van der Waals surface area contributed by atoms with Crippen LogP contribution in [0.4, 0.5) is 0 Å². The Kier molecular flexibility index (Phi) is 3.87. The van der Waals surface area contributed by atoms with Crippen LogP contribution in [0.25, 0.3) is 0 Å². The molecule has 0 amide bonds. The zero-order valence-corrected chi connectivity index (χ0v) is 9.97. The van der Waals surface area contributed by atoms with Crippen LogP contribution in [0.3, 0.4) is 0 Å². The third-order valence-corrected chi connectivity index (χ3v) is 2.22. The van der Waals surface area contributed by atoms with Crippen LogP contribution in [0.2, 0.25) is 0 Å². The van der Waals surface area contributed by atoms with Crippen molar-refractivity contribution in [3.05, 3.63) is 24.3 Å². The van der Waals surface area contributed by atoms with Crippen LogP contribution in [0.5, 0.6) is 5.75 Å². The summed E-state index contributed by atoms with van der Waals surface area (Å²) < 4.78 is 5.61. The molecule has 0 spiro atoms. The molecule has 0 fully saturated rings. The molecule has 0 aliphatic carbocycles. The van der Waals surface area contributed by atoms with E-state index in [-0.39, 0.29) is 0 Å². The van der Waals surface area contributed by atoms with E-state index in [1.54, 1.807) is 0 Å². The summed E-state index contributed by atoms with van der Waals surface area (Å²) in [7, 11) is 0. The van der Waals surface area contributed by atoms with Crippen LogP contribution in [0.1, 0.15) is 27.2 Å². The normalized spacial score (nSPS) is 11.4. The summed E-state index contributed by atoms with van der Waals surface area (Å²) >= 11 is 4.25. The van der Waals surface area contributed by atoms with E-state index in [2.05, 4.69) is 33.4 Å². The van der Waals surface area contributed by atoms with E-state index in [4.69, 9.17) is 4.74 Å². The van der Waals surface area contributed by atoms with Gasteiger partial charge in [0.25, 0.3) is 0 Å². The predicted molar refractivity (Wildman–Crippen MR) is 63.3 cm³/mol. The van der Waals surface area contributed by atoms with Crippen molar-refractivity contribution in [2.45, 2.75) is 32.1 Å². The molecule has 0 unspecified atom stereocenters. The summed E-state index contributed by atoms with van der Waals surface area (Å²) in [6.07, 6.45) is 1.06. The highest BCUT2D eigenvalue weighted by Gasteiger charge is 2.09. The molecule has 0 aliphatic heterocycles. The molecular weight excluding hydrogens is 192 g/mol. The molecule has 78 valence electrons. The van der Waals surface area contributed by atoms with Crippen LogP contribution < -0.4 is 4.74 Å². The van der Waals surface area contributed by atoms with Gasteiger partial charge < -0.3 is 4.74 Å². The van der Waals surface area contributed by atoms with Crippen molar-refractivity contribution in [3.63, 3.8) is 0 Å². The molecule has 1 aromatic rings.